The largest absolute Gasteiger partial charge is 0.290 e. The monoisotopic (exact) mass is 235 g/mol. The molecule has 86 valence electrons. The smallest absolute Gasteiger partial charge is 0.0511 e. The van der Waals surface area contributed by atoms with E-state index in [0.29, 0.717) is 6.04 Å². The minimum absolute atomic E-state index is 0.302. The van der Waals surface area contributed by atoms with E-state index in [1.165, 1.54) is 11.1 Å². The van der Waals surface area contributed by atoms with Crippen LogP contribution in [0.1, 0.15) is 26.3 Å². The highest BCUT2D eigenvalue weighted by atomic mass is 35.5. The van der Waals surface area contributed by atoms with Gasteiger partial charge in [-0.3, -0.25) is 4.99 Å². The predicted octanol–water partition coefficient (Wildman–Crippen LogP) is 4.31. The van der Waals surface area contributed by atoms with E-state index in [9.17, 15) is 0 Å². The van der Waals surface area contributed by atoms with Crippen LogP contribution in [-0.4, -0.2) is 12.3 Å². The molecule has 1 atom stereocenters. The number of nitrogens with zero attached hydrogens (tertiary/aromatic N) is 1. The summed E-state index contributed by atoms with van der Waals surface area (Å²) in [5.41, 5.74) is 2.47. The fraction of sp³-hybridized carbons (Fsp3) is 0.357. The minimum atomic E-state index is 0.302. The Hall–Kier alpha value is -1.08. The average molecular weight is 236 g/mol. The number of allylic oxidation sites excluding steroid dienone is 2. The van der Waals surface area contributed by atoms with Crippen LogP contribution in [0.25, 0.3) is 0 Å². The lowest BCUT2D eigenvalue weighted by Gasteiger charge is -2.06. The van der Waals surface area contributed by atoms with E-state index < -0.39 is 0 Å². The molecule has 0 fully saturated rings. The zero-order chi connectivity index (χ0) is 12.0. The second-order valence-corrected chi connectivity index (χ2v) is 4.43. The summed E-state index contributed by atoms with van der Waals surface area (Å²) in [6, 6.07) is 8.25. The highest BCUT2D eigenvalue weighted by Crippen LogP contribution is 2.11. The van der Waals surface area contributed by atoms with E-state index in [4.69, 9.17) is 11.6 Å². The lowest BCUT2D eigenvalue weighted by Crippen LogP contribution is -2.03. The molecule has 1 unspecified atom stereocenters. The minimum Gasteiger partial charge on any atom is -0.290 e. The van der Waals surface area contributed by atoms with Crippen LogP contribution >= 0.6 is 11.6 Å². The highest BCUT2D eigenvalue weighted by molar-refractivity contribution is 6.30. The van der Waals surface area contributed by atoms with Gasteiger partial charge in [0.05, 0.1) is 6.04 Å². The molecule has 1 rings (SSSR count). The zero-order valence-corrected chi connectivity index (χ0v) is 10.8. The molecule has 0 aliphatic heterocycles. The molecule has 2 heteroatoms. The van der Waals surface area contributed by atoms with Crippen molar-refractivity contribution in [3.8, 4) is 0 Å². The summed E-state index contributed by atoms with van der Waals surface area (Å²) in [5.74, 6) is 0. The fourth-order valence-electron chi connectivity index (χ4n) is 1.33. The molecule has 1 aromatic carbocycles. The molecule has 0 heterocycles. The van der Waals surface area contributed by atoms with Crippen molar-refractivity contribution in [2.24, 2.45) is 4.99 Å². The second kappa shape index (κ2) is 6.49. The van der Waals surface area contributed by atoms with Crippen molar-refractivity contribution in [1.82, 2.24) is 0 Å². The van der Waals surface area contributed by atoms with Crippen molar-refractivity contribution in [1.29, 1.82) is 0 Å². The maximum atomic E-state index is 5.83. The molecule has 1 nitrogen and oxygen atoms in total. The number of benzene rings is 1. The number of aliphatic imine (C=N–C) groups is 1. The molecule has 0 radical (unpaired) electrons. The number of hydrogen-bond donors (Lipinski definition) is 0. The standard InChI is InChI=1S/C14H18ClN/c1-4-11(2)10-16-12(3)9-13-5-7-14(15)8-6-13/h4-8,10,12H,9H2,1-3H3/b11-4-,16-10?. The molecule has 1 aromatic rings. The molecule has 16 heavy (non-hydrogen) atoms. The van der Waals surface area contributed by atoms with E-state index in [-0.39, 0.29) is 0 Å². The van der Waals surface area contributed by atoms with Gasteiger partial charge in [-0.2, -0.15) is 0 Å². The van der Waals surface area contributed by atoms with E-state index >= 15 is 0 Å². The summed E-state index contributed by atoms with van der Waals surface area (Å²) >= 11 is 5.83. The molecular weight excluding hydrogens is 218 g/mol. The Balaban J connectivity index is 2.54. The zero-order valence-electron chi connectivity index (χ0n) is 10.1. The topological polar surface area (TPSA) is 12.4 Å². The molecule has 0 saturated heterocycles. The number of halogens is 1. The quantitative estimate of drug-likeness (QED) is 0.690. The Morgan fingerprint density at radius 2 is 2.00 bits per heavy atom. The number of hydrogen-bond acceptors (Lipinski definition) is 1. The molecule has 0 aliphatic rings. The lowest BCUT2D eigenvalue weighted by molar-refractivity contribution is 0.744. The first-order valence-corrected chi connectivity index (χ1v) is 5.90. The van der Waals surface area contributed by atoms with Crippen LogP contribution in [0.5, 0.6) is 0 Å². The van der Waals surface area contributed by atoms with Crippen LogP contribution in [-0.2, 0) is 6.42 Å². The van der Waals surface area contributed by atoms with E-state index in [1.54, 1.807) is 0 Å². The molecule has 0 bridgehead atoms. The molecule has 0 N–H and O–H groups in total. The van der Waals surface area contributed by atoms with Crippen molar-refractivity contribution < 1.29 is 0 Å². The molecule has 0 aliphatic carbocycles. The Bertz CT molecular complexity index is 376. The molecule has 0 amide bonds. The van der Waals surface area contributed by atoms with Gasteiger partial charge in [0.15, 0.2) is 0 Å². The summed E-state index contributed by atoms with van der Waals surface area (Å²) < 4.78 is 0. The predicted molar refractivity (Wildman–Crippen MR) is 72.5 cm³/mol. The molecular formula is C14H18ClN. The molecule has 0 aromatic heterocycles. The Kier molecular flexibility index (Phi) is 5.27. The fourth-order valence-corrected chi connectivity index (χ4v) is 1.46. The van der Waals surface area contributed by atoms with Gasteiger partial charge in [0.1, 0.15) is 0 Å². The maximum absolute atomic E-state index is 5.83. The Labute approximate surface area is 103 Å². The van der Waals surface area contributed by atoms with Gasteiger partial charge >= 0.3 is 0 Å². The highest BCUT2D eigenvalue weighted by Gasteiger charge is 2.00. The summed E-state index contributed by atoms with van der Waals surface area (Å²) in [6.07, 6.45) is 4.93. The molecule has 0 spiro atoms. The second-order valence-electron chi connectivity index (χ2n) is 3.99. The van der Waals surface area contributed by atoms with Crippen molar-refractivity contribution in [2.45, 2.75) is 33.2 Å². The third-order valence-electron chi connectivity index (χ3n) is 2.43. The first-order valence-electron chi connectivity index (χ1n) is 5.52. The van der Waals surface area contributed by atoms with Crippen LogP contribution in [0.3, 0.4) is 0 Å². The number of rotatable bonds is 4. The van der Waals surface area contributed by atoms with E-state index in [1.807, 2.05) is 25.3 Å². The first kappa shape index (κ1) is 13.0. The third-order valence-corrected chi connectivity index (χ3v) is 2.68. The Morgan fingerprint density at radius 1 is 1.38 bits per heavy atom. The summed E-state index contributed by atoms with van der Waals surface area (Å²) in [5, 5.41) is 0.782. The lowest BCUT2D eigenvalue weighted by atomic mass is 10.1. The van der Waals surface area contributed by atoms with Crippen LogP contribution in [0.2, 0.25) is 5.02 Å². The summed E-state index contributed by atoms with van der Waals surface area (Å²) in [4.78, 5) is 4.49. The first-order chi connectivity index (χ1) is 7.61. The van der Waals surface area contributed by atoms with Crippen molar-refractivity contribution in [3.63, 3.8) is 0 Å². The normalized spacial score (nSPS) is 14.4. The summed E-state index contributed by atoms with van der Waals surface area (Å²) in [7, 11) is 0. The van der Waals surface area contributed by atoms with Crippen molar-refractivity contribution >= 4 is 17.8 Å². The summed E-state index contributed by atoms with van der Waals surface area (Å²) in [6.45, 7) is 6.19. The van der Waals surface area contributed by atoms with Crippen LogP contribution < -0.4 is 0 Å². The molecule has 0 saturated carbocycles. The van der Waals surface area contributed by atoms with Crippen molar-refractivity contribution in [2.75, 3.05) is 0 Å². The van der Waals surface area contributed by atoms with Gasteiger partial charge in [-0.15, -0.1) is 0 Å². The van der Waals surface area contributed by atoms with Gasteiger partial charge in [0.2, 0.25) is 0 Å². The van der Waals surface area contributed by atoms with Gasteiger partial charge < -0.3 is 0 Å². The SMILES string of the molecule is C/C=C(/C)C=NC(C)Cc1ccc(Cl)cc1. The third kappa shape index (κ3) is 4.63. The van der Waals surface area contributed by atoms with E-state index in [2.05, 4.69) is 37.0 Å². The maximum Gasteiger partial charge on any atom is 0.0511 e. The van der Waals surface area contributed by atoms with Crippen LogP contribution in [0.4, 0.5) is 0 Å². The Morgan fingerprint density at radius 3 is 2.56 bits per heavy atom. The van der Waals surface area contributed by atoms with Gasteiger partial charge in [0.25, 0.3) is 0 Å². The van der Waals surface area contributed by atoms with Crippen molar-refractivity contribution in [3.05, 3.63) is 46.5 Å². The van der Waals surface area contributed by atoms with Gasteiger partial charge in [0, 0.05) is 11.2 Å². The van der Waals surface area contributed by atoms with E-state index in [0.717, 1.165) is 11.4 Å². The van der Waals surface area contributed by atoms with Gasteiger partial charge in [-0.1, -0.05) is 29.8 Å². The average Bonchev–Trinajstić information content (AvgIpc) is 2.29. The van der Waals surface area contributed by atoms with Gasteiger partial charge in [-0.25, -0.2) is 0 Å². The van der Waals surface area contributed by atoms with Crippen LogP contribution in [0, 0.1) is 0 Å². The van der Waals surface area contributed by atoms with Gasteiger partial charge in [-0.05, 0) is 50.5 Å². The van der Waals surface area contributed by atoms with Crippen LogP contribution in [0.15, 0.2) is 40.9 Å².